The summed E-state index contributed by atoms with van der Waals surface area (Å²) in [5.41, 5.74) is -3.13. The number of halogens is 3. The maximum Gasteiger partial charge on any atom is 0.406 e. The molecule has 1 saturated heterocycles. The van der Waals surface area contributed by atoms with Crippen LogP contribution < -0.4 is 0 Å². The number of carbonyl (C=O) groups is 2. The van der Waals surface area contributed by atoms with Gasteiger partial charge in [0.25, 0.3) is 11.6 Å². The molecule has 1 aliphatic heterocycles. The van der Waals surface area contributed by atoms with Crippen LogP contribution in [0.5, 0.6) is 0 Å². The van der Waals surface area contributed by atoms with Gasteiger partial charge in [-0.3, -0.25) is 19.7 Å². The van der Waals surface area contributed by atoms with Crippen molar-refractivity contribution < 1.29 is 32.8 Å². The smallest absolute Gasteiger partial charge is 0.406 e. The summed E-state index contributed by atoms with van der Waals surface area (Å²) in [6.07, 6.45) is -5.77. The number of amides is 1. The zero-order chi connectivity index (χ0) is 18.3. The Labute approximate surface area is 133 Å². The third-order valence-corrected chi connectivity index (χ3v) is 4.03. The second-order valence-electron chi connectivity index (χ2n) is 5.68. The molecule has 24 heavy (non-hydrogen) atoms. The summed E-state index contributed by atoms with van der Waals surface area (Å²) in [4.78, 5) is 34.4. The number of carboxylic acid groups (broad SMARTS) is 1. The van der Waals surface area contributed by atoms with E-state index in [1.165, 1.54) is 19.1 Å². The molecule has 1 atom stereocenters. The minimum Gasteiger partial charge on any atom is -0.481 e. The van der Waals surface area contributed by atoms with Crippen LogP contribution in [-0.2, 0) is 4.79 Å². The number of carboxylic acids is 1. The van der Waals surface area contributed by atoms with Crippen molar-refractivity contribution in [1.82, 2.24) is 4.90 Å². The SMILES string of the molecule is Cc1cc(C(=O)N2CCC(C(=O)O)(C(F)(F)F)C2)cc([N+](=O)[O-])c1. The number of aryl methyl sites for hydroxylation is 1. The van der Waals surface area contributed by atoms with Crippen LogP contribution in [-0.4, -0.2) is 46.1 Å². The Hall–Kier alpha value is -2.65. The number of rotatable bonds is 3. The van der Waals surface area contributed by atoms with Gasteiger partial charge in [-0.25, -0.2) is 0 Å². The van der Waals surface area contributed by atoms with Gasteiger partial charge in [-0.1, -0.05) is 0 Å². The highest BCUT2D eigenvalue weighted by molar-refractivity contribution is 5.96. The highest BCUT2D eigenvalue weighted by Gasteiger charge is 2.64. The van der Waals surface area contributed by atoms with Crippen molar-refractivity contribution in [3.63, 3.8) is 0 Å². The van der Waals surface area contributed by atoms with Gasteiger partial charge in [-0.15, -0.1) is 0 Å². The first kappa shape index (κ1) is 17.7. The summed E-state index contributed by atoms with van der Waals surface area (Å²) in [6.45, 7) is 0.0871. The number of aliphatic carboxylic acids is 1. The average Bonchev–Trinajstić information content (AvgIpc) is 2.92. The van der Waals surface area contributed by atoms with E-state index in [0.717, 1.165) is 11.0 Å². The Morgan fingerprint density at radius 2 is 1.96 bits per heavy atom. The molecule has 7 nitrogen and oxygen atoms in total. The Morgan fingerprint density at radius 3 is 2.42 bits per heavy atom. The molecule has 0 bridgehead atoms. The highest BCUT2D eigenvalue weighted by atomic mass is 19.4. The van der Waals surface area contributed by atoms with E-state index in [9.17, 15) is 32.9 Å². The van der Waals surface area contributed by atoms with Crippen molar-refractivity contribution in [1.29, 1.82) is 0 Å². The fourth-order valence-electron chi connectivity index (χ4n) is 2.68. The normalized spacial score (nSPS) is 20.9. The van der Waals surface area contributed by atoms with Gasteiger partial charge in [0.05, 0.1) is 4.92 Å². The summed E-state index contributed by atoms with van der Waals surface area (Å²) < 4.78 is 39.4. The minimum atomic E-state index is -5.01. The molecule has 1 aromatic carbocycles. The molecule has 1 heterocycles. The minimum absolute atomic E-state index is 0.148. The molecule has 0 spiro atoms. The molecule has 1 aromatic rings. The Balaban J connectivity index is 2.33. The summed E-state index contributed by atoms with van der Waals surface area (Å²) in [6, 6.07) is 3.49. The van der Waals surface area contributed by atoms with Crippen LogP contribution in [0.4, 0.5) is 18.9 Å². The van der Waals surface area contributed by atoms with Gasteiger partial charge in [0.2, 0.25) is 0 Å². The van der Waals surface area contributed by atoms with Crippen LogP contribution in [0.2, 0.25) is 0 Å². The summed E-state index contributed by atoms with van der Waals surface area (Å²) in [7, 11) is 0. The van der Waals surface area contributed by atoms with E-state index < -0.39 is 47.9 Å². The number of nitro groups is 1. The van der Waals surface area contributed by atoms with Crippen molar-refractivity contribution in [3.05, 3.63) is 39.4 Å². The summed E-state index contributed by atoms with van der Waals surface area (Å²) in [5, 5.41) is 19.8. The summed E-state index contributed by atoms with van der Waals surface area (Å²) >= 11 is 0. The maximum atomic E-state index is 13.1. The van der Waals surface area contributed by atoms with E-state index >= 15 is 0 Å². The molecule has 1 amide bonds. The topological polar surface area (TPSA) is 101 Å². The third kappa shape index (κ3) is 2.91. The summed E-state index contributed by atoms with van der Waals surface area (Å²) in [5.74, 6) is -2.91. The van der Waals surface area contributed by atoms with E-state index in [2.05, 4.69) is 0 Å². The maximum absolute atomic E-state index is 13.1. The van der Waals surface area contributed by atoms with Crippen LogP contribution in [0.15, 0.2) is 18.2 Å². The van der Waals surface area contributed by atoms with Crippen LogP contribution in [0, 0.1) is 22.5 Å². The predicted octanol–water partition coefficient (Wildman–Crippen LogP) is 2.38. The standard InChI is InChI=1S/C14H13F3N2O5/c1-8-4-9(6-10(5-8)19(23)24)11(20)18-3-2-13(7-18,12(21)22)14(15,16)17/h4-6H,2-3,7H2,1H3,(H,21,22). The first-order valence-corrected chi connectivity index (χ1v) is 6.83. The van der Waals surface area contributed by atoms with E-state index in [0.29, 0.717) is 5.56 Å². The number of alkyl halides is 3. The molecule has 1 aliphatic rings. The van der Waals surface area contributed by atoms with Gasteiger partial charge in [-0.2, -0.15) is 13.2 Å². The first-order chi connectivity index (χ1) is 11.0. The number of nitro benzene ring substituents is 1. The lowest BCUT2D eigenvalue weighted by molar-refractivity contribution is -0.384. The number of likely N-dealkylation sites (tertiary alicyclic amines) is 1. The van der Waals surface area contributed by atoms with Crippen molar-refractivity contribution >= 4 is 17.6 Å². The third-order valence-electron chi connectivity index (χ3n) is 4.03. The lowest BCUT2D eigenvalue weighted by Crippen LogP contribution is -2.47. The average molecular weight is 346 g/mol. The quantitative estimate of drug-likeness (QED) is 0.669. The second-order valence-corrected chi connectivity index (χ2v) is 5.68. The fourth-order valence-corrected chi connectivity index (χ4v) is 2.68. The molecular formula is C14H13F3N2O5. The number of hydrogen-bond donors (Lipinski definition) is 1. The van der Waals surface area contributed by atoms with Gasteiger partial charge < -0.3 is 10.0 Å². The van der Waals surface area contributed by atoms with E-state index in [4.69, 9.17) is 5.11 Å². The van der Waals surface area contributed by atoms with Gasteiger partial charge in [0, 0.05) is 30.8 Å². The molecule has 1 fully saturated rings. The molecule has 1 N–H and O–H groups in total. The van der Waals surface area contributed by atoms with Crippen LogP contribution in [0.1, 0.15) is 22.3 Å². The van der Waals surface area contributed by atoms with Crippen molar-refractivity contribution in [2.24, 2.45) is 5.41 Å². The first-order valence-electron chi connectivity index (χ1n) is 6.83. The van der Waals surface area contributed by atoms with E-state index in [1.54, 1.807) is 0 Å². The zero-order valence-electron chi connectivity index (χ0n) is 12.5. The molecule has 130 valence electrons. The van der Waals surface area contributed by atoms with Gasteiger partial charge in [-0.05, 0) is 25.0 Å². The Kier molecular flexibility index (Phi) is 4.25. The van der Waals surface area contributed by atoms with E-state index in [-0.39, 0.29) is 11.3 Å². The molecule has 10 heteroatoms. The largest absolute Gasteiger partial charge is 0.481 e. The van der Waals surface area contributed by atoms with Crippen molar-refractivity contribution in [3.8, 4) is 0 Å². The number of hydrogen-bond acceptors (Lipinski definition) is 4. The Bertz CT molecular complexity index is 719. The van der Waals surface area contributed by atoms with Crippen molar-refractivity contribution in [2.45, 2.75) is 19.5 Å². The monoisotopic (exact) mass is 346 g/mol. The lowest BCUT2D eigenvalue weighted by Gasteiger charge is -2.27. The second kappa shape index (κ2) is 5.77. The molecule has 2 rings (SSSR count). The zero-order valence-corrected chi connectivity index (χ0v) is 12.5. The van der Waals surface area contributed by atoms with Crippen LogP contribution >= 0.6 is 0 Å². The number of carbonyl (C=O) groups excluding carboxylic acids is 1. The molecule has 0 aliphatic carbocycles. The molecule has 0 radical (unpaired) electrons. The predicted molar refractivity (Wildman–Crippen MR) is 74.5 cm³/mol. The Morgan fingerprint density at radius 1 is 1.33 bits per heavy atom. The van der Waals surface area contributed by atoms with E-state index in [1.807, 2.05) is 0 Å². The van der Waals surface area contributed by atoms with Crippen LogP contribution in [0.25, 0.3) is 0 Å². The molecule has 0 aromatic heterocycles. The molecule has 1 unspecified atom stereocenters. The van der Waals surface area contributed by atoms with Gasteiger partial charge >= 0.3 is 12.1 Å². The fraction of sp³-hybridized carbons (Fsp3) is 0.429. The molecular weight excluding hydrogens is 333 g/mol. The van der Waals surface area contributed by atoms with Crippen molar-refractivity contribution in [2.75, 3.05) is 13.1 Å². The number of benzene rings is 1. The van der Waals surface area contributed by atoms with Crippen LogP contribution in [0.3, 0.4) is 0 Å². The number of non-ortho nitro benzene ring substituents is 1. The lowest BCUT2D eigenvalue weighted by atomic mass is 9.86. The molecule has 0 saturated carbocycles. The van der Waals surface area contributed by atoms with Gasteiger partial charge in [0.1, 0.15) is 0 Å². The van der Waals surface area contributed by atoms with Gasteiger partial charge in [0.15, 0.2) is 5.41 Å². The highest BCUT2D eigenvalue weighted by Crippen LogP contribution is 2.46. The number of nitrogens with zero attached hydrogens (tertiary/aromatic N) is 2.